The smallest absolute Gasteiger partial charge is 0.0578 e. The quantitative estimate of drug-likeness (QED) is 0.714. The lowest BCUT2D eigenvalue weighted by Crippen LogP contribution is -2.18. The van der Waals surface area contributed by atoms with Crippen LogP contribution in [0.3, 0.4) is 0 Å². The molecule has 0 radical (unpaired) electrons. The molecule has 1 unspecified atom stereocenters. The lowest BCUT2D eigenvalue weighted by molar-refractivity contribution is 0.623. The van der Waals surface area contributed by atoms with E-state index in [4.69, 9.17) is 6.42 Å². The number of hydrogen-bond acceptors (Lipinski definition) is 1. The van der Waals surface area contributed by atoms with Crippen molar-refractivity contribution in [2.45, 2.75) is 26.3 Å². The molecule has 1 atom stereocenters. The van der Waals surface area contributed by atoms with Crippen molar-refractivity contribution in [2.75, 3.05) is 6.54 Å². The second-order valence-corrected chi connectivity index (χ2v) is 3.40. The van der Waals surface area contributed by atoms with Crippen molar-refractivity contribution in [1.29, 1.82) is 0 Å². The van der Waals surface area contributed by atoms with E-state index in [9.17, 15) is 0 Å². The van der Waals surface area contributed by atoms with Gasteiger partial charge in [-0.1, -0.05) is 37.1 Å². The summed E-state index contributed by atoms with van der Waals surface area (Å²) in [7, 11) is 0. The summed E-state index contributed by atoms with van der Waals surface area (Å²) in [6, 6.07) is 8.99. The molecule has 0 saturated heterocycles. The van der Waals surface area contributed by atoms with Gasteiger partial charge in [-0.15, -0.1) is 6.42 Å². The predicted octanol–water partition coefficient (Wildman–Crippen LogP) is 2.53. The van der Waals surface area contributed by atoms with Crippen molar-refractivity contribution < 1.29 is 0 Å². The van der Waals surface area contributed by atoms with Crippen molar-refractivity contribution in [3.05, 3.63) is 35.4 Å². The third kappa shape index (κ3) is 2.90. The summed E-state index contributed by atoms with van der Waals surface area (Å²) in [6.07, 6.45) is 6.28. The number of terminal acetylenes is 1. The van der Waals surface area contributed by atoms with E-state index in [1.54, 1.807) is 0 Å². The lowest BCUT2D eigenvalue weighted by Gasteiger charge is -2.12. The fraction of sp³-hybridized carbons (Fsp3) is 0.385. The van der Waals surface area contributed by atoms with Gasteiger partial charge in [0.05, 0.1) is 6.54 Å². The Balaban J connectivity index is 2.62. The summed E-state index contributed by atoms with van der Waals surface area (Å²) in [4.78, 5) is 0. The average molecular weight is 187 g/mol. The molecule has 0 fully saturated rings. The summed E-state index contributed by atoms with van der Waals surface area (Å²) in [5.41, 5.74) is 2.66. The van der Waals surface area contributed by atoms with Gasteiger partial charge in [0.1, 0.15) is 0 Å². The number of benzene rings is 1. The van der Waals surface area contributed by atoms with Gasteiger partial charge in [-0.2, -0.15) is 0 Å². The van der Waals surface area contributed by atoms with Crippen LogP contribution in [0.15, 0.2) is 24.3 Å². The zero-order chi connectivity index (χ0) is 10.4. The van der Waals surface area contributed by atoms with Gasteiger partial charge in [0, 0.05) is 6.04 Å². The monoisotopic (exact) mass is 187 g/mol. The van der Waals surface area contributed by atoms with E-state index in [0.717, 1.165) is 6.42 Å². The van der Waals surface area contributed by atoms with Crippen LogP contribution in [-0.2, 0) is 6.42 Å². The van der Waals surface area contributed by atoms with Crippen LogP contribution in [-0.4, -0.2) is 6.54 Å². The molecular formula is C13H17N. The van der Waals surface area contributed by atoms with Gasteiger partial charge in [-0.3, -0.25) is 5.32 Å². The van der Waals surface area contributed by atoms with E-state index in [0.29, 0.717) is 12.6 Å². The fourth-order valence-corrected chi connectivity index (χ4v) is 1.37. The van der Waals surface area contributed by atoms with E-state index < -0.39 is 0 Å². The highest BCUT2D eigenvalue weighted by molar-refractivity contribution is 5.24. The molecular weight excluding hydrogens is 170 g/mol. The van der Waals surface area contributed by atoms with Crippen LogP contribution in [0.4, 0.5) is 0 Å². The minimum atomic E-state index is 0.331. The maximum absolute atomic E-state index is 5.19. The van der Waals surface area contributed by atoms with Gasteiger partial charge < -0.3 is 0 Å². The number of nitrogens with one attached hydrogen (secondary N) is 1. The maximum atomic E-state index is 5.19. The Bertz CT molecular complexity index is 305. The second kappa shape index (κ2) is 5.47. The zero-order valence-electron chi connectivity index (χ0n) is 8.88. The van der Waals surface area contributed by atoms with Crippen LogP contribution in [0, 0.1) is 12.3 Å². The molecule has 1 heteroatoms. The third-order valence-electron chi connectivity index (χ3n) is 2.40. The van der Waals surface area contributed by atoms with Gasteiger partial charge in [-0.05, 0) is 24.5 Å². The molecule has 0 saturated carbocycles. The molecule has 0 amide bonds. The highest BCUT2D eigenvalue weighted by Crippen LogP contribution is 2.13. The van der Waals surface area contributed by atoms with E-state index in [1.165, 1.54) is 11.1 Å². The van der Waals surface area contributed by atoms with Crippen molar-refractivity contribution in [3.8, 4) is 12.3 Å². The topological polar surface area (TPSA) is 12.0 Å². The van der Waals surface area contributed by atoms with Crippen molar-refractivity contribution in [2.24, 2.45) is 0 Å². The molecule has 0 aliphatic carbocycles. The summed E-state index contributed by atoms with van der Waals surface area (Å²) in [6.45, 7) is 4.91. The minimum Gasteiger partial charge on any atom is -0.300 e. The standard InChI is InChI=1S/C13H17N/c1-4-10-14-11(3)13-8-6-12(5-2)7-9-13/h1,6-9,11,14H,5,10H2,2-3H3. The normalized spacial score (nSPS) is 12.1. The van der Waals surface area contributed by atoms with Crippen LogP contribution in [0.5, 0.6) is 0 Å². The molecule has 1 aromatic rings. The van der Waals surface area contributed by atoms with Crippen molar-refractivity contribution in [3.63, 3.8) is 0 Å². The molecule has 0 bridgehead atoms. The fourth-order valence-electron chi connectivity index (χ4n) is 1.37. The molecule has 1 nitrogen and oxygen atoms in total. The van der Waals surface area contributed by atoms with Gasteiger partial charge in [0.25, 0.3) is 0 Å². The summed E-state index contributed by atoms with van der Waals surface area (Å²) in [5, 5.41) is 3.25. The minimum absolute atomic E-state index is 0.331. The lowest BCUT2D eigenvalue weighted by atomic mass is 10.1. The largest absolute Gasteiger partial charge is 0.300 e. The molecule has 1 N–H and O–H groups in total. The Kier molecular flexibility index (Phi) is 4.22. The second-order valence-electron chi connectivity index (χ2n) is 3.40. The zero-order valence-corrected chi connectivity index (χ0v) is 8.88. The van der Waals surface area contributed by atoms with Crippen LogP contribution in [0.25, 0.3) is 0 Å². The summed E-state index contributed by atoms with van der Waals surface area (Å²) < 4.78 is 0. The molecule has 0 spiro atoms. The van der Waals surface area contributed by atoms with Crippen molar-refractivity contribution in [1.82, 2.24) is 5.32 Å². The molecule has 0 aliphatic rings. The summed E-state index contributed by atoms with van der Waals surface area (Å²) in [5.74, 6) is 2.58. The maximum Gasteiger partial charge on any atom is 0.0578 e. The van der Waals surface area contributed by atoms with Crippen LogP contribution in [0.2, 0.25) is 0 Å². The first-order valence-electron chi connectivity index (χ1n) is 5.03. The summed E-state index contributed by atoms with van der Waals surface area (Å²) >= 11 is 0. The van der Waals surface area contributed by atoms with Crippen molar-refractivity contribution >= 4 is 0 Å². The Morgan fingerprint density at radius 1 is 1.36 bits per heavy atom. The van der Waals surface area contributed by atoms with Crippen LogP contribution in [0.1, 0.15) is 31.0 Å². The molecule has 0 heterocycles. The Morgan fingerprint density at radius 2 is 2.00 bits per heavy atom. The molecule has 0 aromatic heterocycles. The number of aryl methyl sites for hydroxylation is 1. The van der Waals surface area contributed by atoms with E-state index in [1.807, 2.05) is 0 Å². The van der Waals surface area contributed by atoms with Crippen LogP contribution >= 0.6 is 0 Å². The SMILES string of the molecule is C#CCNC(C)c1ccc(CC)cc1. The predicted molar refractivity (Wildman–Crippen MR) is 61.1 cm³/mol. The highest BCUT2D eigenvalue weighted by Gasteiger charge is 2.02. The van der Waals surface area contributed by atoms with Crippen LogP contribution < -0.4 is 5.32 Å². The number of rotatable bonds is 4. The van der Waals surface area contributed by atoms with Gasteiger partial charge >= 0.3 is 0 Å². The first-order valence-corrected chi connectivity index (χ1v) is 5.03. The molecule has 74 valence electrons. The Labute approximate surface area is 86.5 Å². The molecule has 14 heavy (non-hydrogen) atoms. The first kappa shape index (κ1) is 10.8. The molecule has 1 rings (SSSR count). The van der Waals surface area contributed by atoms with E-state index >= 15 is 0 Å². The molecule has 1 aromatic carbocycles. The number of hydrogen-bond donors (Lipinski definition) is 1. The Morgan fingerprint density at radius 3 is 2.50 bits per heavy atom. The third-order valence-corrected chi connectivity index (χ3v) is 2.40. The highest BCUT2D eigenvalue weighted by atomic mass is 14.9. The first-order chi connectivity index (χ1) is 6.77. The Hall–Kier alpha value is -1.26. The molecule has 0 aliphatic heterocycles. The average Bonchev–Trinajstić information content (AvgIpc) is 2.26. The van der Waals surface area contributed by atoms with E-state index in [2.05, 4.69) is 49.4 Å². The van der Waals surface area contributed by atoms with E-state index in [-0.39, 0.29) is 0 Å². The van der Waals surface area contributed by atoms with Gasteiger partial charge in [-0.25, -0.2) is 0 Å². The van der Waals surface area contributed by atoms with Gasteiger partial charge in [0.2, 0.25) is 0 Å². The van der Waals surface area contributed by atoms with Gasteiger partial charge in [0.15, 0.2) is 0 Å².